The van der Waals surface area contributed by atoms with E-state index in [2.05, 4.69) is 10.6 Å². The van der Waals surface area contributed by atoms with Crippen LogP contribution in [-0.2, 0) is 16.0 Å². The Balaban J connectivity index is 1.31. The first-order valence-corrected chi connectivity index (χ1v) is 11.2. The summed E-state index contributed by atoms with van der Waals surface area (Å²) in [4.78, 5) is 38.3. The fourth-order valence-corrected chi connectivity index (χ4v) is 4.03. The lowest BCUT2D eigenvalue weighted by Gasteiger charge is -2.20. The minimum absolute atomic E-state index is 0.158. The van der Waals surface area contributed by atoms with Crippen molar-refractivity contribution in [3.8, 4) is 5.75 Å². The zero-order valence-electron chi connectivity index (χ0n) is 18.8. The fraction of sp³-hybridized carbons (Fsp3) is 0.222. The second-order valence-electron chi connectivity index (χ2n) is 8.09. The summed E-state index contributed by atoms with van der Waals surface area (Å²) < 4.78 is 5.41. The normalized spacial score (nSPS) is 13.1. The highest BCUT2D eigenvalue weighted by molar-refractivity contribution is 6.30. The third-order valence-electron chi connectivity index (χ3n) is 5.84. The second kappa shape index (κ2) is 10.3. The standard InChI is InChI=1S/C27H26N2O5/c1-28-23(16-17-10-12-18(30)13-11-17)27(33)34-15-5-14-29-22-9-4-8-21-24(22)26(32)20-7-3-2-6-19(20)25(21)31/h2-4,6-13,23,28-30H,5,14-16H2,1H3/t23-/m0/s1. The molecular formula is C27H26N2O5. The number of aromatic hydroxyl groups is 1. The van der Waals surface area contributed by atoms with Crippen LogP contribution in [0.3, 0.4) is 0 Å². The number of benzene rings is 3. The van der Waals surface area contributed by atoms with Crippen LogP contribution in [0.25, 0.3) is 0 Å². The highest BCUT2D eigenvalue weighted by Gasteiger charge is 2.31. The fourth-order valence-electron chi connectivity index (χ4n) is 4.03. The summed E-state index contributed by atoms with van der Waals surface area (Å²) in [5.74, 6) is -0.514. The van der Waals surface area contributed by atoms with Crippen LogP contribution in [0.1, 0.15) is 43.8 Å². The average molecular weight is 459 g/mol. The van der Waals surface area contributed by atoms with E-state index in [0.717, 1.165) is 5.56 Å². The van der Waals surface area contributed by atoms with Crippen LogP contribution in [0.5, 0.6) is 5.75 Å². The van der Waals surface area contributed by atoms with Gasteiger partial charge in [-0.3, -0.25) is 14.4 Å². The molecular weight excluding hydrogens is 432 g/mol. The van der Waals surface area contributed by atoms with Crippen LogP contribution < -0.4 is 10.6 Å². The van der Waals surface area contributed by atoms with Crippen LogP contribution in [0.15, 0.2) is 66.7 Å². The van der Waals surface area contributed by atoms with Crippen molar-refractivity contribution in [2.24, 2.45) is 0 Å². The maximum Gasteiger partial charge on any atom is 0.323 e. The molecule has 0 heterocycles. The number of esters is 1. The SMILES string of the molecule is CN[C@@H](Cc1ccc(O)cc1)C(=O)OCCCNc1cccc2c1C(=O)c1ccccc1C2=O. The largest absolute Gasteiger partial charge is 0.508 e. The number of ketones is 2. The summed E-state index contributed by atoms with van der Waals surface area (Å²) in [5, 5.41) is 15.6. The zero-order valence-corrected chi connectivity index (χ0v) is 18.8. The molecule has 0 saturated heterocycles. The van der Waals surface area contributed by atoms with Crippen LogP contribution in [0.2, 0.25) is 0 Å². The molecule has 7 heteroatoms. The van der Waals surface area contributed by atoms with Crippen molar-refractivity contribution in [1.29, 1.82) is 0 Å². The van der Waals surface area contributed by atoms with Crippen molar-refractivity contribution in [1.82, 2.24) is 5.32 Å². The summed E-state index contributed by atoms with van der Waals surface area (Å²) in [6.07, 6.45) is 0.978. The highest BCUT2D eigenvalue weighted by Crippen LogP contribution is 2.31. The van der Waals surface area contributed by atoms with Gasteiger partial charge in [-0.05, 0) is 43.7 Å². The Hall–Kier alpha value is -3.97. The number of hydrogen-bond donors (Lipinski definition) is 3. The maximum absolute atomic E-state index is 13.0. The number of anilines is 1. The van der Waals surface area contributed by atoms with Crippen LogP contribution in [-0.4, -0.2) is 48.9 Å². The second-order valence-corrected chi connectivity index (χ2v) is 8.09. The van der Waals surface area contributed by atoms with Gasteiger partial charge in [-0.15, -0.1) is 0 Å². The predicted molar refractivity (Wildman–Crippen MR) is 128 cm³/mol. The zero-order chi connectivity index (χ0) is 24.1. The van der Waals surface area contributed by atoms with Gasteiger partial charge in [-0.1, -0.05) is 48.5 Å². The number of rotatable bonds is 9. The Kier molecular flexibility index (Phi) is 7.04. The number of carbonyl (C=O) groups is 3. The molecule has 3 aromatic carbocycles. The van der Waals surface area contributed by atoms with Crippen molar-refractivity contribution >= 4 is 23.2 Å². The van der Waals surface area contributed by atoms with Gasteiger partial charge in [0.1, 0.15) is 11.8 Å². The van der Waals surface area contributed by atoms with Gasteiger partial charge in [-0.25, -0.2) is 0 Å². The van der Waals surface area contributed by atoms with E-state index in [1.54, 1.807) is 73.8 Å². The molecule has 0 aromatic heterocycles. The van der Waals surface area contributed by atoms with Crippen molar-refractivity contribution in [2.75, 3.05) is 25.5 Å². The molecule has 0 spiro atoms. The summed E-state index contributed by atoms with van der Waals surface area (Å²) >= 11 is 0. The Bertz CT molecular complexity index is 1220. The van der Waals surface area contributed by atoms with Crippen LogP contribution in [0.4, 0.5) is 5.69 Å². The van der Waals surface area contributed by atoms with Crippen molar-refractivity contribution < 1.29 is 24.2 Å². The van der Waals surface area contributed by atoms with Crippen LogP contribution in [0, 0.1) is 0 Å². The molecule has 0 bridgehead atoms. The maximum atomic E-state index is 13.0. The molecule has 0 saturated carbocycles. The van der Waals surface area contributed by atoms with E-state index in [1.807, 2.05) is 0 Å². The summed E-state index contributed by atoms with van der Waals surface area (Å²) in [6, 6.07) is 18.2. The van der Waals surface area contributed by atoms with E-state index in [1.165, 1.54) is 0 Å². The number of fused-ring (bicyclic) bond motifs is 2. The van der Waals surface area contributed by atoms with E-state index in [9.17, 15) is 19.5 Å². The molecule has 0 unspecified atom stereocenters. The molecule has 1 atom stereocenters. The summed E-state index contributed by atoms with van der Waals surface area (Å²) in [6.45, 7) is 0.680. The first kappa shape index (κ1) is 23.2. The molecule has 0 fully saturated rings. The molecule has 1 aliphatic rings. The number of phenolic OH excluding ortho intramolecular Hbond substituents is 1. The molecule has 0 amide bonds. The molecule has 3 aromatic rings. The van der Waals surface area contributed by atoms with Crippen molar-refractivity contribution in [3.63, 3.8) is 0 Å². The first-order chi connectivity index (χ1) is 16.5. The van der Waals surface area contributed by atoms with E-state index in [0.29, 0.717) is 47.3 Å². The minimum Gasteiger partial charge on any atom is -0.508 e. The van der Waals surface area contributed by atoms with Crippen molar-refractivity contribution in [3.05, 3.63) is 94.5 Å². The number of phenols is 1. The van der Waals surface area contributed by atoms with E-state index in [-0.39, 0.29) is 29.9 Å². The smallest absolute Gasteiger partial charge is 0.323 e. The number of hydrogen-bond acceptors (Lipinski definition) is 7. The third-order valence-corrected chi connectivity index (χ3v) is 5.84. The Morgan fingerprint density at radius 1 is 0.912 bits per heavy atom. The van der Waals surface area contributed by atoms with Gasteiger partial charge in [0.25, 0.3) is 0 Å². The molecule has 4 rings (SSSR count). The van der Waals surface area contributed by atoms with Gasteiger partial charge >= 0.3 is 5.97 Å². The van der Waals surface area contributed by atoms with Crippen LogP contribution >= 0.6 is 0 Å². The Morgan fingerprint density at radius 2 is 1.59 bits per heavy atom. The molecule has 1 aliphatic carbocycles. The van der Waals surface area contributed by atoms with Gasteiger partial charge in [0, 0.05) is 28.9 Å². The van der Waals surface area contributed by atoms with Gasteiger partial charge in [0.2, 0.25) is 0 Å². The number of likely N-dealkylation sites (N-methyl/N-ethyl adjacent to an activating group) is 1. The lowest BCUT2D eigenvalue weighted by molar-refractivity contribution is -0.146. The van der Waals surface area contributed by atoms with E-state index >= 15 is 0 Å². The molecule has 3 N–H and O–H groups in total. The average Bonchev–Trinajstić information content (AvgIpc) is 2.86. The highest BCUT2D eigenvalue weighted by atomic mass is 16.5. The first-order valence-electron chi connectivity index (χ1n) is 11.2. The van der Waals surface area contributed by atoms with Gasteiger partial charge < -0.3 is 20.5 Å². The molecule has 34 heavy (non-hydrogen) atoms. The van der Waals surface area contributed by atoms with Gasteiger partial charge in [-0.2, -0.15) is 0 Å². The predicted octanol–water partition coefficient (Wildman–Crippen LogP) is 3.34. The monoisotopic (exact) mass is 458 g/mol. The number of carbonyl (C=O) groups excluding carboxylic acids is 3. The Labute approximate surface area is 197 Å². The summed E-state index contributed by atoms with van der Waals surface area (Å²) in [7, 11) is 1.70. The Morgan fingerprint density at radius 3 is 2.29 bits per heavy atom. The molecule has 7 nitrogen and oxygen atoms in total. The molecule has 0 radical (unpaired) electrons. The lowest BCUT2D eigenvalue weighted by atomic mass is 9.83. The quantitative estimate of drug-likeness (QED) is 0.261. The van der Waals surface area contributed by atoms with Crippen molar-refractivity contribution in [2.45, 2.75) is 18.9 Å². The van der Waals surface area contributed by atoms with E-state index in [4.69, 9.17) is 4.74 Å². The number of ether oxygens (including phenoxy) is 1. The van der Waals surface area contributed by atoms with E-state index < -0.39 is 6.04 Å². The molecule has 174 valence electrons. The van der Waals surface area contributed by atoms with Gasteiger partial charge in [0.05, 0.1) is 12.2 Å². The topological polar surface area (TPSA) is 105 Å². The van der Waals surface area contributed by atoms with Gasteiger partial charge in [0.15, 0.2) is 11.6 Å². The minimum atomic E-state index is -0.498. The summed E-state index contributed by atoms with van der Waals surface area (Å²) in [5.41, 5.74) is 3.12. The number of nitrogens with one attached hydrogen (secondary N) is 2. The molecule has 0 aliphatic heterocycles. The third kappa shape index (κ3) is 4.84. The lowest BCUT2D eigenvalue weighted by Crippen LogP contribution is -2.37.